The Balaban J connectivity index is 2.46. The molecule has 0 aliphatic carbocycles. The fourth-order valence-electron chi connectivity index (χ4n) is 1.45. The van der Waals surface area contributed by atoms with Crippen molar-refractivity contribution in [3.05, 3.63) is 12.2 Å². The van der Waals surface area contributed by atoms with E-state index in [4.69, 9.17) is 5.73 Å². The van der Waals surface area contributed by atoms with Crippen LogP contribution >= 0.6 is 0 Å². The molecule has 1 aromatic heterocycles. The van der Waals surface area contributed by atoms with E-state index in [0.29, 0.717) is 31.1 Å². The highest BCUT2D eigenvalue weighted by Crippen LogP contribution is 2.08. The quantitative estimate of drug-likeness (QED) is 0.733. The third-order valence-electron chi connectivity index (χ3n) is 2.59. The Morgan fingerprint density at radius 3 is 2.87 bits per heavy atom. The van der Waals surface area contributed by atoms with E-state index in [1.807, 2.05) is 6.92 Å². The van der Waals surface area contributed by atoms with Gasteiger partial charge in [0.15, 0.2) is 0 Å². The minimum Gasteiger partial charge on any atom is -0.330 e. The molecule has 0 aromatic carbocycles. The highest BCUT2D eigenvalue weighted by atomic mass is 16.1. The molecule has 1 unspecified atom stereocenters. The van der Waals surface area contributed by atoms with Gasteiger partial charge in [-0.25, -0.2) is 4.98 Å². The summed E-state index contributed by atoms with van der Waals surface area (Å²) in [6.45, 7) is 2.62. The van der Waals surface area contributed by atoms with E-state index in [0.717, 1.165) is 6.42 Å². The molecule has 5 nitrogen and oxygen atoms in total. The van der Waals surface area contributed by atoms with Crippen LogP contribution in [0.15, 0.2) is 6.33 Å². The molecule has 1 rings (SSSR count). The maximum Gasteiger partial charge on any atom is 0.140 e. The van der Waals surface area contributed by atoms with Crippen molar-refractivity contribution >= 4 is 5.78 Å². The summed E-state index contributed by atoms with van der Waals surface area (Å²) < 4.78 is 1.63. The number of rotatable bonds is 6. The molecule has 15 heavy (non-hydrogen) atoms. The van der Waals surface area contributed by atoms with Crippen molar-refractivity contribution in [2.75, 3.05) is 6.54 Å². The van der Waals surface area contributed by atoms with E-state index in [2.05, 4.69) is 10.1 Å². The van der Waals surface area contributed by atoms with E-state index in [9.17, 15) is 4.79 Å². The van der Waals surface area contributed by atoms with Gasteiger partial charge in [0.05, 0.1) is 6.42 Å². The van der Waals surface area contributed by atoms with E-state index in [1.165, 1.54) is 6.33 Å². The lowest BCUT2D eigenvalue weighted by Gasteiger charge is -2.10. The van der Waals surface area contributed by atoms with E-state index >= 15 is 0 Å². The summed E-state index contributed by atoms with van der Waals surface area (Å²) in [5, 5.41) is 3.92. The topological polar surface area (TPSA) is 73.8 Å². The lowest BCUT2D eigenvalue weighted by atomic mass is 9.98. The summed E-state index contributed by atoms with van der Waals surface area (Å²) in [6.07, 6.45) is 3.30. The predicted octanol–water partition coefficient (Wildman–Crippen LogP) is 0.302. The number of hydrogen-bond donors (Lipinski definition) is 1. The summed E-state index contributed by atoms with van der Waals surface area (Å²) in [6, 6.07) is 0. The molecule has 1 atom stereocenters. The van der Waals surface area contributed by atoms with Crippen LogP contribution in [0.25, 0.3) is 0 Å². The third-order valence-corrected chi connectivity index (χ3v) is 2.59. The van der Waals surface area contributed by atoms with Crippen LogP contribution in [0.5, 0.6) is 0 Å². The molecule has 1 aromatic rings. The highest BCUT2D eigenvalue weighted by molar-refractivity contribution is 5.80. The molecule has 0 radical (unpaired) electrons. The van der Waals surface area contributed by atoms with Gasteiger partial charge in [0.25, 0.3) is 0 Å². The molecule has 0 spiro atoms. The number of hydrogen-bond acceptors (Lipinski definition) is 4. The Morgan fingerprint density at radius 2 is 2.40 bits per heavy atom. The standard InChI is InChI=1S/C10H18N4O/c1-3-8(6-11)4-9(15)5-10-12-7-13-14(10)2/h7-8H,3-6,11H2,1-2H3. The van der Waals surface area contributed by atoms with Crippen molar-refractivity contribution in [1.29, 1.82) is 0 Å². The Kier molecular flexibility index (Phi) is 4.42. The molecule has 5 heteroatoms. The lowest BCUT2D eigenvalue weighted by molar-refractivity contribution is -0.119. The molecule has 0 aliphatic rings. The van der Waals surface area contributed by atoms with Crippen LogP contribution in [-0.2, 0) is 18.3 Å². The molecular weight excluding hydrogens is 192 g/mol. The second kappa shape index (κ2) is 5.60. The zero-order valence-corrected chi connectivity index (χ0v) is 9.31. The highest BCUT2D eigenvalue weighted by Gasteiger charge is 2.13. The number of aryl methyl sites for hydroxylation is 1. The van der Waals surface area contributed by atoms with E-state index in [1.54, 1.807) is 11.7 Å². The van der Waals surface area contributed by atoms with Crippen molar-refractivity contribution in [2.24, 2.45) is 18.7 Å². The van der Waals surface area contributed by atoms with Crippen LogP contribution < -0.4 is 5.73 Å². The summed E-state index contributed by atoms with van der Waals surface area (Å²) in [5.41, 5.74) is 5.55. The molecule has 0 fully saturated rings. The van der Waals surface area contributed by atoms with Gasteiger partial charge in [0, 0.05) is 13.5 Å². The van der Waals surface area contributed by atoms with Gasteiger partial charge in [0.2, 0.25) is 0 Å². The van der Waals surface area contributed by atoms with Gasteiger partial charge in [-0.15, -0.1) is 0 Å². The van der Waals surface area contributed by atoms with Gasteiger partial charge in [-0.05, 0) is 12.5 Å². The number of Topliss-reactive ketones (excluding diaryl/α,β-unsaturated/α-hetero) is 1. The van der Waals surface area contributed by atoms with Gasteiger partial charge in [-0.1, -0.05) is 13.3 Å². The fraction of sp³-hybridized carbons (Fsp3) is 0.700. The molecular formula is C10H18N4O. The largest absolute Gasteiger partial charge is 0.330 e. The molecule has 84 valence electrons. The molecule has 0 saturated heterocycles. The average Bonchev–Trinajstić information content (AvgIpc) is 2.61. The first-order chi connectivity index (χ1) is 7.17. The Hall–Kier alpha value is -1.23. The monoisotopic (exact) mass is 210 g/mol. The van der Waals surface area contributed by atoms with Crippen LogP contribution in [0.2, 0.25) is 0 Å². The average molecular weight is 210 g/mol. The maximum atomic E-state index is 11.7. The number of ketones is 1. The molecule has 0 amide bonds. The minimum atomic E-state index is 0.184. The number of nitrogens with two attached hydrogens (primary N) is 1. The van der Waals surface area contributed by atoms with Crippen LogP contribution in [0.4, 0.5) is 0 Å². The van der Waals surface area contributed by atoms with Crippen LogP contribution in [0, 0.1) is 5.92 Å². The number of carbonyl (C=O) groups excluding carboxylic acids is 1. The van der Waals surface area contributed by atoms with Gasteiger partial charge in [-0.2, -0.15) is 5.10 Å². The van der Waals surface area contributed by atoms with E-state index in [-0.39, 0.29) is 5.78 Å². The Bertz CT molecular complexity index is 317. The van der Waals surface area contributed by atoms with Gasteiger partial charge in [0.1, 0.15) is 17.9 Å². The smallest absolute Gasteiger partial charge is 0.140 e. The number of aromatic nitrogens is 3. The van der Waals surface area contributed by atoms with Crippen LogP contribution in [-0.4, -0.2) is 27.1 Å². The van der Waals surface area contributed by atoms with Crippen molar-refractivity contribution in [2.45, 2.75) is 26.2 Å². The minimum absolute atomic E-state index is 0.184. The van der Waals surface area contributed by atoms with Crippen molar-refractivity contribution in [3.63, 3.8) is 0 Å². The van der Waals surface area contributed by atoms with Gasteiger partial charge < -0.3 is 5.73 Å². The molecule has 2 N–H and O–H groups in total. The molecule has 0 bridgehead atoms. The first-order valence-electron chi connectivity index (χ1n) is 5.22. The molecule has 0 aliphatic heterocycles. The Morgan fingerprint density at radius 1 is 1.67 bits per heavy atom. The van der Waals surface area contributed by atoms with Crippen molar-refractivity contribution in [3.8, 4) is 0 Å². The van der Waals surface area contributed by atoms with Gasteiger partial charge in [-0.3, -0.25) is 9.48 Å². The van der Waals surface area contributed by atoms with Crippen LogP contribution in [0.1, 0.15) is 25.6 Å². The summed E-state index contributed by atoms with van der Waals surface area (Å²) in [5.74, 6) is 1.20. The van der Waals surface area contributed by atoms with Crippen molar-refractivity contribution in [1.82, 2.24) is 14.8 Å². The zero-order valence-electron chi connectivity index (χ0n) is 9.31. The fourth-order valence-corrected chi connectivity index (χ4v) is 1.45. The number of nitrogens with zero attached hydrogens (tertiary/aromatic N) is 3. The third kappa shape index (κ3) is 3.43. The normalized spacial score (nSPS) is 12.7. The Labute approximate surface area is 89.7 Å². The zero-order chi connectivity index (χ0) is 11.3. The summed E-state index contributed by atoms with van der Waals surface area (Å²) >= 11 is 0. The van der Waals surface area contributed by atoms with Crippen molar-refractivity contribution < 1.29 is 4.79 Å². The molecule has 1 heterocycles. The maximum absolute atomic E-state index is 11.7. The second-order valence-corrected chi connectivity index (χ2v) is 3.73. The van der Waals surface area contributed by atoms with Gasteiger partial charge >= 0.3 is 0 Å². The first-order valence-corrected chi connectivity index (χ1v) is 5.22. The first kappa shape index (κ1) is 11.8. The summed E-state index contributed by atoms with van der Waals surface area (Å²) in [4.78, 5) is 15.7. The SMILES string of the molecule is CCC(CN)CC(=O)Cc1ncnn1C. The number of carbonyl (C=O) groups is 1. The van der Waals surface area contributed by atoms with E-state index < -0.39 is 0 Å². The predicted molar refractivity (Wildman–Crippen MR) is 57.2 cm³/mol. The summed E-state index contributed by atoms with van der Waals surface area (Å²) in [7, 11) is 1.79. The second-order valence-electron chi connectivity index (χ2n) is 3.73. The molecule has 0 saturated carbocycles. The lowest BCUT2D eigenvalue weighted by Crippen LogP contribution is -2.19. The van der Waals surface area contributed by atoms with Crippen LogP contribution in [0.3, 0.4) is 0 Å².